The Bertz CT molecular complexity index is 476. The topological polar surface area (TPSA) is 91.5 Å². The zero-order valence-electron chi connectivity index (χ0n) is 11.3. The van der Waals surface area contributed by atoms with Gasteiger partial charge in [0.1, 0.15) is 5.84 Å². The van der Waals surface area contributed by atoms with Gasteiger partial charge in [-0.25, -0.2) is 0 Å². The Hall–Kier alpha value is -2.15. The monoisotopic (exact) mass is 266 g/mol. The number of hydrogen-bond donors (Lipinski definition) is 2. The third-order valence-electron chi connectivity index (χ3n) is 2.75. The summed E-state index contributed by atoms with van der Waals surface area (Å²) in [4.78, 5) is 12.0. The molecule has 0 saturated heterocycles. The standard InChI is InChI=1S/C12H18N4O3/c1-14-11-5-4-9(16(17)18)8-10(11)12(13)15(2)6-7-19-3/h4-5,8,13-14H,6-7H2,1-3H3. The van der Waals surface area contributed by atoms with Crippen LogP contribution in [0.15, 0.2) is 18.2 Å². The SMILES string of the molecule is CNc1ccc([N+](=O)[O-])cc1C(=N)N(C)CCOC. The van der Waals surface area contributed by atoms with E-state index in [4.69, 9.17) is 10.1 Å². The summed E-state index contributed by atoms with van der Waals surface area (Å²) in [7, 11) is 5.05. The first-order valence-corrected chi connectivity index (χ1v) is 5.76. The number of likely N-dealkylation sites (N-methyl/N-ethyl adjacent to an activating group) is 1. The van der Waals surface area contributed by atoms with Crippen LogP contribution in [-0.2, 0) is 4.74 Å². The molecule has 0 unspecified atom stereocenters. The lowest BCUT2D eigenvalue weighted by Crippen LogP contribution is -2.30. The largest absolute Gasteiger partial charge is 0.388 e. The molecule has 0 aliphatic carbocycles. The summed E-state index contributed by atoms with van der Waals surface area (Å²) in [6, 6.07) is 4.42. The van der Waals surface area contributed by atoms with E-state index in [0.29, 0.717) is 24.4 Å². The number of amidine groups is 1. The molecule has 0 atom stereocenters. The van der Waals surface area contributed by atoms with Crippen LogP contribution in [0.5, 0.6) is 0 Å². The van der Waals surface area contributed by atoms with Crippen LogP contribution in [0.4, 0.5) is 11.4 Å². The molecule has 0 amide bonds. The second-order valence-corrected chi connectivity index (χ2v) is 4.00. The number of nitrogens with one attached hydrogen (secondary N) is 2. The minimum atomic E-state index is -0.467. The van der Waals surface area contributed by atoms with E-state index in [2.05, 4.69) is 5.32 Å². The first-order valence-electron chi connectivity index (χ1n) is 5.76. The molecule has 0 aliphatic rings. The summed E-state index contributed by atoms with van der Waals surface area (Å²) in [5.74, 6) is 0.213. The van der Waals surface area contributed by atoms with E-state index in [9.17, 15) is 10.1 Å². The maximum absolute atomic E-state index is 10.8. The van der Waals surface area contributed by atoms with Gasteiger partial charge in [0.25, 0.3) is 5.69 Å². The third kappa shape index (κ3) is 3.65. The van der Waals surface area contributed by atoms with Crippen molar-refractivity contribution in [1.82, 2.24) is 4.90 Å². The smallest absolute Gasteiger partial charge is 0.270 e. The molecule has 2 N–H and O–H groups in total. The molecule has 0 aromatic heterocycles. The van der Waals surface area contributed by atoms with E-state index < -0.39 is 4.92 Å². The van der Waals surface area contributed by atoms with E-state index in [1.165, 1.54) is 12.1 Å². The van der Waals surface area contributed by atoms with E-state index in [1.807, 2.05) is 0 Å². The van der Waals surface area contributed by atoms with Crippen molar-refractivity contribution in [3.05, 3.63) is 33.9 Å². The van der Waals surface area contributed by atoms with E-state index in [-0.39, 0.29) is 11.5 Å². The summed E-state index contributed by atoms with van der Waals surface area (Å²) >= 11 is 0. The average molecular weight is 266 g/mol. The van der Waals surface area contributed by atoms with Crippen molar-refractivity contribution in [1.29, 1.82) is 5.41 Å². The number of methoxy groups -OCH3 is 1. The van der Waals surface area contributed by atoms with Crippen LogP contribution in [0, 0.1) is 15.5 Å². The van der Waals surface area contributed by atoms with Gasteiger partial charge in [-0.05, 0) is 6.07 Å². The minimum absolute atomic E-state index is 0.0288. The fraction of sp³-hybridized carbons (Fsp3) is 0.417. The number of anilines is 1. The average Bonchev–Trinajstić information content (AvgIpc) is 2.42. The normalized spacial score (nSPS) is 10.1. The van der Waals surface area contributed by atoms with Crippen LogP contribution in [0.2, 0.25) is 0 Å². The van der Waals surface area contributed by atoms with Crippen LogP contribution in [0.3, 0.4) is 0 Å². The van der Waals surface area contributed by atoms with Gasteiger partial charge in [-0.1, -0.05) is 0 Å². The molecule has 0 bridgehead atoms. The van der Waals surface area contributed by atoms with Crippen LogP contribution in [0.25, 0.3) is 0 Å². The van der Waals surface area contributed by atoms with E-state index >= 15 is 0 Å². The zero-order valence-corrected chi connectivity index (χ0v) is 11.3. The van der Waals surface area contributed by atoms with Gasteiger partial charge in [0.05, 0.1) is 11.5 Å². The van der Waals surface area contributed by atoms with Crippen LogP contribution in [0.1, 0.15) is 5.56 Å². The number of nitrogens with zero attached hydrogens (tertiary/aromatic N) is 2. The Morgan fingerprint density at radius 3 is 2.79 bits per heavy atom. The molecular formula is C12H18N4O3. The highest BCUT2D eigenvalue weighted by Crippen LogP contribution is 2.22. The molecule has 0 heterocycles. The molecule has 1 aromatic rings. The second kappa shape index (κ2) is 6.69. The highest BCUT2D eigenvalue weighted by atomic mass is 16.6. The summed E-state index contributed by atoms with van der Waals surface area (Å²) < 4.78 is 4.95. The predicted molar refractivity (Wildman–Crippen MR) is 74.0 cm³/mol. The molecule has 0 radical (unpaired) electrons. The van der Waals surface area contributed by atoms with Gasteiger partial charge in [-0.3, -0.25) is 15.5 Å². The van der Waals surface area contributed by atoms with Gasteiger partial charge in [0, 0.05) is 51.1 Å². The van der Waals surface area contributed by atoms with Gasteiger partial charge in [0.2, 0.25) is 0 Å². The molecule has 1 rings (SSSR count). The molecular weight excluding hydrogens is 248 g/mol. The summed E-state index contributed by atoms with van der Waals surface area (Å²) in [6.07, 6.45) is 0. The van der Waals surface area contributed by atoms with Gasteiger partial charge in [0.15, 0.2) is 0 Å². The van der Waals surface area contributed by atoms with Gasteiger partial charge in [-0.15, -0.1) is 0 Å². The fourth-order valence-electron chi connectivity index (χ4n) is 1.61. The summed E-state index contributed by atoms with van der Waals surface area (Å²) in [6.45, 7) is 1.03. The summed E-state index contributed by atoms with van der Waals surface area (Å²) in [5.41, 5.74) is 1.15. The maximum Gasteiger partial charge on any atom is 0.270 e. The molecule has 19 heavy (non-hydrogen) atoms. The molecule has 0 fully saturated rings. The Kier molecular flexibility index (Phi) is 5.25. The highest BCUT2D eigenvalue weighted by Gasteiger charge is 2.16. The third-order valence-corrected chi connectivity index (χ3v) is 2.75. The summed E-state index contributed by atoms with van der Waals surface area (Å²) in [5, 5.41) is 21.8. The van der Waals surface area contributed by atoms with Crippen molar-refractivity contribution < 1.29 is 9.66 Å². The highest BCUT2D eigenvalue weighted by molar-refractivity contribution is 6.01. The molecule has 7 nitrogen and oxygen atoms in total. The lowest BCUT2D eigenvalue weighted by molar-refractivity contribution is -0.384. The van der Waals surface area contributed by atoms with Crippen molar-refractivity contribution in [2.24, 2.45) is 0 Å². The van der Waals surface area contributed by atoms with Crippen molar-refractivity contribution in [3.63, 3.8) is 0 Å². The maximum atomic E-state index is 10.8. The van der Waals surface area contributed by atoms with Gasteiger partial charge >= 0.3 is 0 Å². The Balaban J connectivity index is 3.05. The van der Waals surface area contributed by atoms with Crippen molar-refractivity contribution >= 4 is 17.2 Å². The predicted octanol–water partition coefficient (Wildman–Crippen LogP) is 1.54. The van der Waals surface area contributed by atoms with E-state index in [1.54, 1.807) is 32.2 Å². The zero-order chi connectivity index (χ0) is 14.4. The Morgan fingerprint density at radius 2 is 2.26 bits per heavy atom. The number of rotatable bonds is 6. The van der Waals surface area contributed by atoms with Crippen molar-refractivity contribution in [2.45, 2.75) is 0 Å². The Morgan fingerprint density at radius 1 is 1.58 bits per heavy atom. The van der Waals surface area contributed by atoms with Crippen molar-refractivity contribution in [3.8, 4) is 0 Å². The van der Waals surface area contributed by atoms with E-state index in [0.717, 1.165) is 0 Å². The second-order valence-electron chi connectivity index (χ2n) is 4.00. The first-order chi connectivity index (χ1) is 9.01. The molecule has 7 heteroatoms. The number of benzene rings is 1. The number of nitro benzene ring substituents is 1. The number of non-ortho nitro benzene ring substituents is 1. The van der Waals surface area contributed by atoms with Gasteiger partial charge < -0.3 is 15.0 Å². The molecule has 0 aliphatic heterocycles. The molecule has 104 valence electrons. The quantitative estimate of drug-likeness (QED) is 0.353. The Labute approximate surface area is 111 Å². The number of nitro groups is 1. The molecule has 0 saturated carbocycles. The molecule has 0 spiro atoms. The van der Waals surface area contributed by atoms with Gasteiger partial charge in [-0.2, -0.15) is 0 Å². The minimum Gasteiger partial charge on any atom is -0.388 e. The van der Waals surface area contributed by atoms with Crippen LogP contribution in [-0.4, -0.2) is 50.0 Å². The first kappa shape index (κ1) is 14.9. The van der Waals surface area contributed by atoms with Crippen LogP contribution >= 0.6 is 0 Å². The lowest BCUT2D eigenvalue weighted by Gasteiger charge is -2.21. The lowest BCUT2D eigenvalue weighted by atomic mass is 10.1. The number of ether oxygens (including phenoxy) is 1. The number of hydrogen-bond acceptors (Lipinski definition) is 5. The molecule has 1 aromatic carbocycles. The van der Waals surface area contributed by atoms with Crippen molar-refractivity contribution in [2.75, 3.05) is 39.7 Å². The fourth-order valence-corrected chi connectivity index (χ4v) is 1.61. The van der Waals surface area contributed by atoms with Crippen LogP contribution < -0.4 is 5.32 Å².